The molecule has 0 heterocycles. The molecular formula is C13H21NO. The van der Waals surface area contributed by atoms with Gasteiger partial charge in [0.05, 0.1) is 6.73 Å². The molecule has 0 aromatic heterocycles. The average Bonchev–Trinajstić information content (AvgIpc) is 2.20. The quantitative estimate of drug-likeness (QED) is 0.592. The van der Waals surface area contributed by atoms with Crippen molar-refractivity contribution in [3.05, 3.63) is 34.9 Å². The van der Waals surface area contributed by atoms with Crippen molar-refractivity contribution in [3.63, 3.8) is 0 Å². The summed E-state index contributed by atoms with van der Waals surface area (Å²) in [7, 11) is 1.70. The maximum Gasteiger partial charge on any atom is 0.0964 e. The van der Waals surface area contributed by atoms with Crippen molar-refractivity contribution in [2.24, 2.45) is 0 Å². The van der Waals surface area contributed by atoms with Crippen LogP contribution in [0.2, 0.25) is 0 Å². The maximum atomic E-state index is 4.97. The second-order valence-corrected chi connectivity index (χ2v) is 4.20. The zero-order valence-electron chi connectivity index (χ0n) is 10.1. The third kappa shape index (κ3) is 3.65. The first kappa shape index (κ1) is 12.2. The number of methoxy groups -OCH3 is 1. The van der Waals surface area contributed by atoms with Gasteiger partial charge in [0.15, 0.2) is 0 Å². The van der Waals surface area contributed by atoms with Gasteiger partial charge in [-0.15, -0.1) is 0 Å². The zero-order chi connectivity index (χ0) is 11.3. The van der Waals surface area contributed by atoms with E-state index in [0.29, 0.717) is 12.6 Å². The number of aryl methyl sites for hydroxylation is 1. The van der Waals surface area contributed by atoms with E-state index in [4.69, 9.17) is 4.74 Å². The molecule has 0 amide bonds. The molecule has 0 atom stereocenters. The largest absolute Gasteiger partial charge is 0.370 e. The van der Waals surface area contributed by atoms with Crippen molar-refractivity contribution < 1.29 is 4.74 Å². The molecule has 1 rings (SSSR count). The van der Waals surface area contributed by atoms with Gasteiger partial charge >= 0.3 is 0 Å². The van der Waals surface area contributed by atoms with Gasteiger partial charge in [-0.05, 0) is 29.5 Å². The third-order valence-electron chi connectivity index (χ3n) is 2.60. The van der Waals surface area contributed by atoms with Gasteiger partial charge < -0.3 is 4.74 Å². The highest BCUT2D eigenvalue weighted by Crippen LogP contribution is 2.18. The van der Waals surface area contributed by atoms with Crippen LogP contribution in [0.15, 0.2) is 18.2 Å². The Labute approximate surface area is 92.6 Å². The molecule has 15 heavy (non-hydrogen) atoms. The SMILES string of the molecule is COCNCc1cc(C(C)C)ccc1C. The molecule has 0 unspecified atom stereocenters. The molecule has 0 aliphatic heterocycles. The molecule has 1 aromatic rings. The van der Waals surface area contributed by atoms with Gasteiger partial charge in [-0.25, -0.2) is 0 Å². The van der Waals surface area contributed by atoms with Crippen LogP contribution in [0.5, 0.6) is 0 Å². The van der Waals surface area contributed by atoms with Crippen LogP contribution in [-0.4, -0.2) is 13.8 Å². The molecule has 0 saturated carbocycles. The van der Waals surface area contributed by atoms with Crippen LogP contribution in [0.25, 0.3) is 0 Å². The van der Waals surface area contributed by atoms with Crippen molar-refractivity contribution in [2.75, 3.05) is 13.8 Å². The number of rotatable bonds is 5. The molecule has 0 spiro atoms. The Morgan fingerprint density at radius 1 is 1.33 bits per heavy atom. The minimum absolute atomic E-state index is 0.590. The molecule has 84 valence electrons. The maximum absolute atomic E-state index is 4.97. The summed E-state index contributed by atoms with van der Waals surface area (Å²) >= 11 is 0. The van der Waals surface area contributed by atoms with Gasteiger partial charge in [0, 0.05) is 13.7 Å². The van der Waals surface area contributed by atoms with Crippen molar-refractivity contribution >= 4 is 0 Å². The normalized spacial score (nSPS) is 11.0. The van der Waals surface area contributed by atoms with E-state index in [1.807, 2.05) is 0 Å². The molecule has 1 aromatic carbocycles. The van der Waals surface area contributed by atoms with Gasteiger partial charge in [-0.2, -0.15) is 0 Å². The van der Waals surface area contributed by atoms with E-state index in [1.165, 1.54) is 16.7 Å². The lowest BCUT2D eigenvalue weighted by atomic mass is 9.98. The highest BCUT2D eigenvalue weighted by molar-refractivity contribution is 5.32. The van der Waals surface area contributed by atoms with E-state index < -0.39 is 0 Å². The van der Waals surface area contributed by atoms with Crippen molar-refractivity contribution in [3.8, 4) is 0 Å². The lowest BCUT2D eigenvalue weighted by molar-refractivity contribution is 0.174. The van der Waals surface area contributed by atoms with E-state index >= 15 is 0 Å². The summed E-state index contributed by atoms with van der Waals surface area (Å²) < 4.78 is 4.97. The van der Waals surface area contributed by atoms with Crippen LogP contribution in [0.3, 0.4) is 0 Å². The predicted molar refractivity (Wildman–Crippen MR) is 64.0 cm³/mol. The van der Waals surface area contributed by atoms with Gasteiger partial charge in [-0.1, -0.05) is 32.0 Å². The van der Waals surface area contributed by atoms with Crippen molar-refractivity contribution in [1.29, 1.82) is 0 Å². The summed E-state index contributed by atoms with van der Waals surface area (Å²) in [4.78, 5) is 0. The number of hydrogen-bond acceptors (Lipinski definition) is 2. The summed E-state index contributed by atoms with van der Waals surface area (Å²) in [6, 6.07) is 6.68. The van der Waals surface area contributed by atoms with E-state index in [2.05, 4.69) is 44.3 Å². The average molecular weight is 207 g/mol. The van der Waals surface area contributed by atoms with Crippen molar-refractivity contribution in [2.45, 2.75) is 33.2 Å². The Bertz CT molecular complexity index is 307. The summed E-state index contributed by atoms with van der Waals surface area (Å²) in [5, 5.41) is 3.24. The van der Waals surface area contributed by atoms with Gasteiger partial charge in [0.25, 0.3) is 0 Å². The molecule has 2 heteroatoms. The number of hydrogen-bond donors (Lipinski definition) is 1. The molecule has 0 saturated heterocycles. The van der Waals surface area contributed by atoms with Crippen LogP contribution >= 0.6 is 0 Å². The van der Waals surface area contributed by atoms with Gasteiger partial charge in [0.2, 0.25) is 0 Å². The van der Waals surface area contributed by atoms with Gasteiger partial charge in [0.1, 0.15) is 0 Å². The number of benzene rings is 1. The van der Waals surface area contributed by atoms with E-state index in [0.717, 1.165) is 6.54 Å². The Hall–Kier alpha value is -0.860. The fourth-order valence-corrected chi connectivity index (χ4v) is 1.53. The molecule has 0 fully saturated rings. The predicted octanol–water partition coefficient (Wildman–Crippen LogP) is 2.81. The zero-order valence-corrected chi connectivity index (χ0v) is 10.1. The van der Waals surface area contributed by atoms with Crippen LogP contribution in [0.1, 0.15) is 36.5 Å². The lowest BCUT2D eigenvalue weighted by Crippen LogP contribution is -2.16. The Morgan fingerprint density at radius 3 is 2.67 bits per heavy atom. The van der Waals surface area contributed by atoms with E-state index in [-0.39, 0.29) is 0 Å². The first-order chi connectivity index (χ1) is 7.15. The molecule has 0 aliphatic rings. The highest BCUT2D eigenvalue weighted by Gasteiger charge is 2.03. The summed E-state index contributed by atoms with van der Waals surface area (Å²) in [5.41, 5.74) is 4.09. The second kappa shape index (κ2) is 5.89. The molecular weight excluding hydrogens is 186 g/mol. The van der Waals surface area contributed by atoms with Crippen LogP contribution in [0.4, 0.5) is 0 Å². The molecule has 0 bridgehead atoms. The number of nitrogens with one attached hydrogen (secondary N) is 1. The first-order valence-electron chi connectivity index (χ1n) is 5.44. The third-order valence-corrected chi connectivity index (χ3v) is 2.60. The molecule has 0 aliphatic carbocycles. The highest BCUT2D eigenvalue weighted by atomic mass is 16.5. The van der Waals surface area contributed by atoms with E-state index in [1.54, 1.807) is 7.11 Å². The minimum Gasteiger partial charge on any atom is -0.370 e. The molecule has 2 nitrogen and oxygen atoms in total. The Kier molecular flexibility index (Phi) is 4.79. The second-order valence-electron chi connectivity index (χ2n) is 4.20. The van der Waals surface area contributed by atoms with Gasteiger partial charge in [-0.3, -0.25) is 5.32 Å². The first-order valence-corrected chi connectivity index (χ1v) is 5.44. The number of ether oxygens (including phenoxy) is 1. The van der Waals surface area contributed by atoms with Crippen molar-refractivity contribution in [1.82, 2.24) is 5.32 Å². The van der Waals surface area contributed by atoms with Crippen LogP contribution in [0, 0.1) is 6.92 Å². The Morgan fingerprint density at radius 2 is 2.07 bits per heavy atom. The fraction of sp³-hybridized carbons (Fsp3) is 0.538. The van der Waals surface area contributed by atoms with E-state index in [9.17, 15) is 0 Å². The smallest absolute Gasteiger partial charge is 0.0964 e. The molecule has 0 radical (unpaired) electrons. The monoisotopic (exact) mass is 207 g/mol. The minimum atomic E-state index is 0.590. The van der Waals surface area contributed by atoms with Crippen LogP contribution in [-0.2, 0) is 11.3 Å². The standard InChI is InChI=1S/C13H21NO/c1-10(2)12-6-5-11(3)13(7-12)8-14-9-15-4/h5-7,10,14H,8-9H2,1-4H3. The topological polar surface area (TPSA) is 21.3 Å². The lowest BCUT2D eigenvalue weighted by Gasteiger charge is -2.11. The fourth-order valence-electron chi connectivity index (χ4n) is 1.53. The summed E-state index contributed by atoms with van der Waals surface area (Å²) in [6.07, 6.45) is 0. The van der Waals surface area contributed by atoms with Crippen LogP contribution < -0.4 is 5.32 Å². The Balaban J connectivity index is 2.72. The molecule has 1 N–H and O–H groups in total. The summed E-state index contributed by atoms with van der Waals surface area (Å²) in [6.45, 7) is 8.06. The summed E-state index contributed by atoms with van der Waals surface area (Å²) in [5.74, 6) is 0.590.